The van der Waals surface area contributed by atoms with Crippen LogP contribution in [0.25, 0.3) is 0 Å². The fourth-order valence-corrected chi connectivity index (χ4v) is 2.72. The van der Waals surface area contributed by atoms with Crippen LogP contribution in [0.2, 0.25) is 0 Å². The molecule has 134 valence electrons. The van der Waals surface area contributed by atoms with Gasteiger partial charge in [-0.2, -0.15) is 0 Å². The van der Waals surface area contributed by atoms with Crippen LogP contribution >= 0.6 is 15.9 Å². The number of halogens is 1. The molecule has 0 saturated carbocycles. The van der Waals surface area contributed by atoms with E-state index in [4.69, 9.17) is 0 Å². The number of rotatable bonds is 8. The van der Waals surface area contributed by atoms with Crippen LogP contribution in [0.15, 0.2) is 58.1 Å². The van der Waals surface area contributed by atoms with Crippen LogP contribution in [0.3, 0.4) is 0 Å². The number of anilines is 1. The van der Waals surface area contributed by atoms with Crippen molar-refractivity contribution in [2.24, 2.45) is 4.99 Å². The third-order valence-corrected chi connectivity index (χ3v) is 4.29. The summed E-state index contributed by atoms with van der Waals surface area (Å²) in [7, 11) is 3.88. The first-order valence-corrected chi connectivity index (χ1v) is 9.29. The SMILES string of the molecule is CN=C(NCCCCNc1ccccn1)N(C)Cc1ccc(Br)cc1. The molecule has 0 fully saturated rings. The van der Waals surface area contributed by atoms with Gasteiger partial charge in [0.2, 0.25) is 0 Å². The van der Waals surface area contributed by atoms with Gasteiger partial charge in [0, 0.05) is 44.4 Å². The average molecular weight is 404 g/mol. The molecule has 0 saturated heterocycles. The summed E-state index contributed by atoms with van der Waals surface area (Å²) in [6, 6.07) is 14.3. The second-order valence-corrected chi connectivity index (χ2v) is 6.72. The molecule has 1 aromatic heterocycles. The number of aliphatic imine (C=N–C) groups is 1. The predicted molar refractivity (Wildman–Crippen MR) is 109 cm³/mol. The van der Waals surface area contributed by atoms with E-state index in [-0.39, 0.29) is 0 Å². The lowest BCUT2D eigenvalue weighted by Gasteiger charge is -2.22. The number of pyridine rings is 1. The maximum atomic E-state index is 4.36. The third-order valence-electron chi connectivity index (χ3n) is 3.76. The quantitative estimate of drug-likeness (QED) is 0.400. The molecule has 0 aliphatic heterocycles. The summed E-state index contributed by atoms with van der Waals surface area (Å²) < 4.78 is 1.10. The molecular weight excluding hydrogens is 378 g/mol. The summed E-state index contributed by atoms with van der Waals surface area (Å²) in [4.78, 5) is 10.7. The number of benzene rings is 1. The van der Waals surface area contributed by atoms with E-state index in [2.05, 4.69) is 72.8 Å². The van der Waals surface area contributed by atoms with Gasteiger partial charge in [0.25, 0.3) is 0 Å². The first-order valence-electron chi connectivity index (χ1n) is 8.50. The van der Waals surface area contributed by atoms with Gasteiger partial charge in [-0.25, -0.2) is 4.98 Å². The molecule has 25 heavy (non-hydrogen) atoms. The van der Waals surface area contributed by atoms with E-state index >= 15 is 0 Å². The Bertz CT molecular complexity index is 643. The van der Waals surface area contributed by atoms with Crippen LogP contribution in [0, 0.1) is 0 Å². The first-order chi connectivity index (χ1) is 12.2. The fourth-order valence-electron chi connectivity index (χ4n) is 2.46. The Morgan fingerprint density at radius 2 is 1.88 bits per heavy atom. The summed E-state index contributed by atoms with van der Waals surface area (Å²) in [6.07, 6.45) is 3.96. The minimum Gasteiger partial charge on any atom is -0.370 e. The molecule has 0 unspecified atom stereocenters. The van der Waals surface area contributed by atoms with Crippen molar-refractivity contribution in [2.75, 3.05) is 32.5 Å². The summed E-state index contributed by atoms with van der Waals surface area (Å²) in [5.74, 6) is 1.85. The molecule has 0 atom stereocenters. The van der Waals surface area contributed by atoms with Gasteiger partial charge in [0.15, 0.2) is 5.96 Å². The highest BCUT2D eigenvalue weighted by molar-refractivity contribution is 9.10. The Balaban J connectivity index is 1.65. The minimum atomic E-state index is 0.828. The molecule has 0 aliphatic rings. The highest BCUT2D eigenvalue weighted by atomic mass is 79.9. The Morgan fingerprint density at radius 1 is 1.12 bits per heavy atom. The minimum absolute atomic E-state index is 0.828. The van der Waals surface area contributed by atoms with Gasteiger partial charge in [-0.3, -0.25) is 4.99 Å². The third kappa shape index (κ3) is 7.13. The summed E-state index contributed by atoms with van der Waals surface area (Å²) in [5.41, 5.74) is 1.26. The van der Waals surface area contributed by atoms with Gasteiger partial charge in [0.05, 0.1) is 0 Å². The number of aromatic nitrogens is 1. The van der Waals surface area contributed by atoms with E-state index in [9.17, 15) is 0 Å². The zero-order valence-electron chi connectivity index (χ0n) is 14.9. The second kappa shape index (κ2) is 10.7. The van der Waals surface area contributed by atoms with Crippen molar-refractivity contribution in [1.29, 1.82) is 0 Å². The highest BCUT2D eigenvalue weighted by Crippen LogP contribution is 2.11. The lowest BCUT2D eigenvalue weighted by molar-refractivity contribution is 0.475. The molecule has 0 spiro atoms. The van der Waals surface area contributed by atoms with E-state index in [1.807, 2.05) is 25.2 Å². The van der Waals surface area contributed by atoms with Crippen molar-refractivity contribution in [3.8, 4) is 0 Å². The van der Waals surface area contributed by atoms with E-state index in [1.165, 1.54) is 5.56 Å². The predicted octanol–water partition coefficient (Wildman–Crippen LogP) is 3.74. The second-order valence-electron chi connectivity index (χ2n) is 5.81. The topological polar surface area (TPSA) is 52.6 Å². The van der Waals surface area contributed by atoms with E-state index in [1.54, 1.807) is 6.20 Å². The monoisotopic (exact) mass is 403 g/mol. The molecule has 1 heterocycles. The number of guanidine groups is 1. The number of hydrogen-bond donors (Lipinski definition) is 2. The molecule has 0 amide bonds. The molecule has 2 rings (SSSR count). The Hall–Kier alpha value is -2.08. The zero-order valence-corrected chi connectivity index (χ0v) is 16.5. The molecule has 1 aromatic carbocycles. The molecule has 6 heteroatoms. The lowest BCUT2D eigenvalue weighted by Crippen LogP contribution is -2.38. The van der Waals surface area contributed by atoms with E-state index in [0.717, 1.165) is 48.7 Å². The smallest absolute Gasteiger partial charge is 0.193 e. The van der Waals surface area contributed by atoms with Gasteiger partial charge < -0.3 is 15.5 Å². The number of hydrogen-bond acceptors (Lipinski definition) is 3. The molecular formula is C19H26BrN5. The van der Waals surface area contributed by atoms with Crippen LogP contribution in [0.1, 0.15) is 18.4 Å². The normalized spacial score (nSPS) is 11.2. The summed E-state index contributed by atoms with van der Waals surface area (Å²) in [6.45, 7) is 2.65. The van der Waals surface area contributed by atoms with Crippen molar-refractivity contribution in [3.63, 3.8) is 0 Å². The van der Waals surface area contributed by atoms with Gasteiger partial charge in [-0.05, 0) is 42.7 Å². The largest absolute Gasteiger partial charge is 0.370 e. The molecule has 0 radical (unpaired) electrons. The van der Waals surface area contributed by atoms with Crippen molar-refractivity contribution in [1.82, 2.24) is 15.2 Å². The fraction of sp³-hybridized carbons (Fsp3) is 0.368. The molecule has 5 nitrogen and oxygen atoms in total. The summed E-state index contributed by atoms with van der Waals surface area (Å²) in [5, 5.41) is 6.75. The highest BCUT2D eigenvalue weighted by Gasteiger charge is 2.06. The number of unbranched alkanes of at least 4 members (excludes halogenated alkanes) is 1. The van der Waals surface area contributed by atoms with Gasteiger partial charge in [-0.15, -0.1) is 0 Å². The summed E-state index contributed by atoms with van der Waals surface area (Å²) >= 11 is 3.47. The number of nitrogens with zero attached hydrogens (tertiary/aromatic N) is 3. The molecule has 2 aromatic rings. The maximum absolute atomic E-state index is 4.36. The van der Waals surface area contributed by atoms with Gasteiger partial charge in [-0.1, -0.05) is 34.1 Å². The van der Waals surface area contributed by atoms with Crippen LogP contribution in [-0.4, -0.2) is 43.0 Å². The van der Waals surface area contributed by atoms with Crippen LogP contribution in [0.5, 0.6) is 0 Å². The van der Waals surface area contributed by atoms with Gasteiger partial charge >= 0.3 is 0 Å². The Morgan fingerprint density at radius 3 is 2.56 bits per heavy atom. The average Bonchev–Trinajstić information content (AvgIpc) is 2.64. The van der Waals surface area contributed by atoms with Crippen LogP contribution < -0.4 is 10.6 Å². The first kappa shape index (κ1) is 19.2. The van der Waals surface area contributed by atoms with Crippen LogP contribution in [0.4, 0.5) is 5.82 Å². The molecule has 0 aliphatic carbocycles. The van der Waals surface area contributed by atoms with E-state index in [0.29, 0.717) is 0 Å². The van der Waals surface area contributed by atoms with Crippen molar-refractivity contribution < 1.29 is 0 Å². The molecule has 2 N–H and O–H groups in total. The number of nitrogens with one attached hydrogen (secondary N) is 2. The standard InChI is InChI=1S/C19H26BrN5/c1-21-19(25(2)15-16-8-10-17(20)11-9-16)24-14-6-5-13-23-18-7-3-4-12-22-18/h3-4,7-12H,5-6,13-15H2,1-2H3,(H,21,24)(H,22,23). The van der Waals surface area contributed by atoms with Crippen molar-refractivity contribution in [2.45, 2.75) is 19.4 Å². The lowest BCUT2D eigenvalue weighted by atomic mass is 10.2. The van der Waals surface area contributed by atoms with Crippen molar-refractivity contribution in [3.05, 3.63) is 58.7 Å². The van der Waals surface area contributed by atoms with Crippen molar-refractivity contribution >= 4 is 27.7 Å². The van der Waals surface area contributed by atoms with Crippen LogP contribution in [-0.2, 0) is 6.54 Å². The Kier molecular flexibility index (Phi) is 8.25. The maximum Gasteiger partial charge on any atom is 0.193 e. The zero-order chi connectivity index (χ0) is 17.9. The molecule has 0 bridgehead atoms. The van der Waals surface area contributed by atoms with Gasteiger partial charge in [0.1, 0.15) is 5.82 Å². The van der Waals surface area contributed by atoms with E-state index < -0.39 is 0 Å². The Labute approximate surface area is 158 Å².